The number of aryl methyl sites for hydroxylation is 1. The number of hydrogen-bond acceptors (Lipinski definition) is 2. The first kappa shape index (κ1) is 12.6. The minimum absolute atomic E-state index is 0.125. The Bertz CT molecular complexity index is 471. The third-order valence-corrected chi connectivity index (χ3v) is 3.21. The highest BCUT2D eigenvalue weighted by atomic mass is 16.2. The summed E-state index contributed by atoms with van der Waals surface area (Å²) < 4.78 is 0. The van der Waals surface area contributed by atoms with Crippen LogP contribution in [0.4, 0.5) is 4.79 Å². The first-order valence-electron chi connectivity index (χ1n) is 6.21. The van der Waals surface area contributed by atoms with Crippen LogP contribution in [-0.4, -0.2) is 29.9 Å². The molecule has 1 aliphatic rings. The molecule has 1 saturated heterocycles. The molecule has 0 radical (unpaired) electrons. The zero-order chi connectivity index (χ0) is 13.1. The largest absolute Gasteiger partial charge is 0.324 e. The molecule has 1 atom stereocenters. The third kappa shape index (κ3) is 2.88. The van der Waals surface area contributed by atoms with E-state index in [1.54, 1.807) is 4.90 Å². The second-order valence-electron chi connectivity index (χ2n) is 4.88. The van der Waals surface area contributed by atoms with Crippen LogP contribution in [0.15, 0.2) is 24.3 Å². The molecule has 1 N–H and O–H groups in total. The van der Waals surface area contributed by atoms with Crippen LogP contribution in [0.5, 0.6) is 0 Å². The van der Waals surface area contributed by atoms with Crippen LogP contribution in [-0.2, 0) is 11.2 Å². The van der Waals surface area contributed by atoms with Crippen molar-refractivity contribution in [2.24, 2.45) is 5.92 Å². The fourth-order valence-corrected chi connectivity index (χ4v) is 2.13. The van der Waals surface area contributed by atoms with Crippen molar-refractivity contribution in [3.8, 4) is 0 Å². The van der Waals surface area contributed by atoms with Gasteiger partial charge in [-0.15, -0.1) is 0 Å². The summed E-state index contributed by atoms with van der Waals surface area (Å²) in [5.41, 5.74) is 2.44. The average Bonchev–Trinajstić information content (AvgIpc) is 2.32. The van der Waals surface area contributed by atoms with E-state index in [1.807, 2.05) is 13.0 Å². The number of carbonyl (C=O) groups excluding carboxylic acids is 2. The van der Waals surface area contributed by atoms with E-state index < -0.39 is 0 Å². The maximum atomic E-state index is 11.6. The maximum Gasteiger partial charge on any atom is 0.324 e. The maximum absolute atomic E-state index is 11.6. The highest BCUT2D eigenvalue weighted by Gasteiger charge is 2.28. The second kappa shape index (κ2) is 5.21. The van der Waals surface area contributed by atoms with E-state index >= 15 is 0 Å². The van der Waals surface area contributed by atoms with Crippen molar-refractivity contribution in [2.45, 2.75) is 20.3 Å². The van der Waals surface area contributed by atoms with Gasteiger partial charge in [0.05, 0.1) is 5.92 Å². The van der Waals surface area contributed by atoms with Crippen LogP contribution >= 0.6 is 0 Å². The number of urea groups is 1. The molecule has 2 rings (SSSR count). The van der Waals surface area contributed by atoms with E-state index in [9.17, 15) is 9.59 Å². The van der Waals surface area contributed by atoms with Gasteiger partial charge in [0.2, 0.25) is 5.91 Å². The lowest BCUT2D eigenvalue weighted by molar-refractivity contribution is -0.125. The van der Waals surface area contributed by atoms with Gasteiger partial charge >= 0.3 is 6.03 Å². The van der Waals surface area contributed by atoms with Crippen molar-refractivity contribution in [3.05, 3.63) is 35.4 Å². The number of amides is 3. The van der Waals surface area contributed by atoms with Gasteiger partial charge < -0.3 is 4.90 Å². The molecule has 1 aromatic carbocycles. The van der Waals surface area contributed by atoms with Gasteiger partial charge in [-0.1, -0.05) is 36.8 Å². The highest BCUT2D eigenvalue weighted by Crippen LogP contribution is 2.10. The molecule has 0 spiro atoms. The van der Waals surface area contributed by atoms with Crippen molar-refractivity contribution in [1.82, 2.24) is 10.2 Å². The first-order valence-corrected chi connectivity index (χ1v) is 6.21. The van der Waals surface area contributed by atoms with Crippen LogP contribution in [0, 0.1) is 12.8 Å². The van der Waals surface area contributed by atoms with Crippen molar-refractivity contribution < 1.29 is 9.59 Å². The Labute approximate surface area is 107 Å². The molecule has 4 nitrogen and oxygen atoms in total. The monoisotopic (exact) mass is 246 g/mol. The van der Waals surface area contributed by atoms with Gasteiger partial charge in [0.15, 0.2) is 0 Å². The average molecular weight is 246 g/mol. The zero-order valence-electron chi connectivity index (χ0n) is 10.8. The molecular weight excluding hydrogens is 228 g/mol. The van der Waals surface area contributed by atoms with Crippen molar-refractivity contribution in [3.63, 3.8) is 0 Å². The van der Waals surface area contributed by atoms with Gasteiger partial charge in [0.1, 0.15) is 0 Å². The molecule has 3 amide bonds. The standard InChI is InChI=1S/C14H18N2O2/c1-10-4-3-5-12(8-10)6-7-16-9-11(2)13(17)15-14(16)18/h3-5,8,11H,6-7,9H2,1-2H3,(H,15,17,18). The minimum atomic E-state index is -0.272. The molecule has 0 bridgehead atoms. The van der Waals surface area contributed by atoms with Crippen LogP contribution in [0.2, 0.25) is 0 Å². The van der Waals surface area contributed by atoms with E-state index in [2.05, 4.69) is 30.4 Å². The molecule has 1 heterocycles. The molecule has 18 heavy (non-hydrogen) atoms. The Hall–Kier alpha value is -1.84. The van der Waals surface area contributed by atoms with Gasteiger partial charge in [0, 0.05) is 13.1 Å². The SMILES string of the molecule is Cc1cccc(CCN2CC(C)C(=O)NC2=O)c1. The van der Waals surface area contributed by atoms with Gasteiger partial charge in [-0.3, -0.25) is 10.1 Å². The summed E-state index contributed by atoms with van der Waals surface area (Å²) in [4.78, 5) is 24.6. The van der Waals surface area contributed by atoms with Crippen molar-refractivity contribution in [1.29, 1.82) is 0 Å². The lowest BCUT2D eigenvalue weighted by Gasteiger charge is -2.30. The molecule has 0 aliphatic carbocycles. The number of nitrogens with zero attached hydrogens (tertiary/aromatic N) is 1. The quantitative estimate of drug-likeness (QED) is 0.883. The number of imide groups is 1. The van der Waals surface area contributed by atoms with Gasteiger partial charge in [-0.25, -0.2) is 4.79 Å². The third-order valence-electron chi connectivity index (χ3n) is 3.21. The molecule has 1 unspecified atom stereocenters. The predicted octanol–water partition coefficient (Wildman–Crippen LogP) is 1.73. The number of nitrogens with one attached hydrogen (secondary N) is 1. The molecule has 1 aliphatic heterocycles. The number of rotatable bonds is 3. The first-order chi connectivity index (χ1) is 8.56. The number of benzene rings is 1. The molecule has 0 saturated carbocycles. The van der Waals surface area contributed by atoms with Gasteiger partial charge in [-0.2, -0.15) is 0 Å². The molecule has 0 aromatic heterocycles. The van der Waals surface area contributed by atoms with Crippen LogP contribution < -0.4 is 5.32 Å². The Morgan fingerprint density at radius 3 is 2.89 bits per heavy atom. The zero-order valence-corrected chi connectivity index (χ0v) is 10.8. The lowest BCUT2D eigenvalue weighted by atomic mass is 10.1. The topological polar surface area (TPSA) is 49.4 Å². The fraction of sp³-hybridized carbons (Fsp3) is 0.429. The van der Waals surface area contributed by atoms with E-state index in [1.165, 1.54) is 11.1 Å². The minimum Gasteiger partial charge on any atom is -0.323 e. The van der Waals surface area contributed by atoms with Gasteiger partial charge in [0.25, 0.3) is 0 Å². The lowest BCUT2D eigenvalue weighted by Crippen LogP contribution is -2.54. The van der Waals surface area contributed by atoms with Crippen molar-refractivity contribution in [2.75, 3.05) is 13.1 Å². The summed E-state index contributed by atoms with van der Waals surface area (Å²) in [6.45, 7) is 5.04. The summed E-state index contributed by atoms with van der Waals surface area (Å²) in [6.07, 6.45) is 0.815. The van der Waals surface area contributed by atoms with E-state index in [-0.39, 0.29) is 17.9 Å². The Morgan fingerprint density at radius 1 is 1.39 bits per heavy atom. The predicted molar refractivity (Wildman–Crippen MR) is 69.2 cm³/mol. The number of hydrogen-bond donors (Lipinski definition) is 1. The summed E-state index contributed by atoms with van der Waals surface area (Å²) in [5.74, 6) is -0.299. The van der Waals surface area contributed by atoms with E-state index in [0.29, 0.717) is 13.1 Å². The smallest absolute Gasteiger partial charge is 0.323 e. The Kier molecular flexibility index (Phi) is 3.65. The molecule has 1 fully saturated rings. The van der Waals surface area contributed by atoms with Gasteiger partial charge in [-0.05, 0) is 18.9 Å². The molecule has 1 aromatic rings. The molecule has 96 valence electrons. The second-order valence-corrected chi connectivity index (χ2v) is 4.88. The highest BCUT2D eigenvalue weighted by molar-refractivity contribution is 5.97. The fourth-order valence-electron chi connectivity index (χ4n) is 2.13. The molecular formula is C14H18N2O2. The Morgan fingerprint density at radius 2 is 2.17 bits per heavy atom. The summed E-state index contributed by atoms with van der Waals surface area (Å²) in [6, 6.07) is 7.98. The van der Waals surface area contributed by atoms with Crippen LogP contribution in [0.25, 0.3) is 0 Å². The summed E-state index contributed by atoms with van der Waals surface area (Å²) >= 11 is 0. The normalized spacial score (nSPS) is 19.9. The van der Waals surface area contributed by atoms with E-state index in [4.69, 9.17) is 0 Å². The summed E-state index contributed by atoms with van der Waals surface area (Å²) in [5, 5.41) is 2.37. The molecule has 4 heteroatoms. The number of carbonyl (C=O) groups is 2. The Balaban J connectivity index is 1.94. The van der Waals surface area contributed by atoms with E-state index in [0.717, 1.165) is 6.42 Å². The summed E-state index contributed by atoms with van der Waals surface area (Å²) in [7, 11) is 0. The van der Waals surface area contributed by atoms with Crippen LogP contribution in [0.3, 0.4) is 0 Å². The van der Waals surface area contributed by atoms with Crippen molar-refractivity contribution >= 4 is 11.9 Å². The van der Waals surface area contributed by atoms with Crippen LogP contribution in [0.1, 0.15) is 18.1 Å².